The van der Waals surface area contributed by atoms with E-state index in [-0.39, 0.29) is 18.2 Å². The van der Waals surface area contributed by atoms with Crippen LogP contribution in [0.3, 0.4) is 0 Å². The van der Waals surface area contributed by atoms with Gasteiger partial charge in [0, 0.05) is 19.2 Å². The summed E-state index contributed by atoms with van der Waals surface area (Å²) in [7, 11) is 0. The molecule has 0 aromatic heterocycles. The summed E-state index contributed by atoms with van der Waals surface area (Å²) in [5.74, 6) is 0.531. The van der Waals surface area contributed by atoms with Gasteiger partial charge in [-0.1, -0.05) is 67.6 Å². The van der Waals surface area contributed by atoms with Gasteiger partial charge in [0.05, 0.1) is 45.2 Å². The Balaban J connectivity index is 1.40. The normalized spacial score (nSPS) is 15.1. The van der Waals surface area contributed by atoms with Crippen LogP contribution in [0.15, 0.2) is 60.7 Å². The Morgan fingerprint density at radius 1 is 0.647 bits per heavy atom. The summed E-state index contributed by atoms with van der Waals surface area (Å²) in [6.07, 6.45) is 2.37. The first-order valence-corrected chi connectivity index (χ1v) is 12.7. The van der Waals surface area contributed by atoms with Gasteiger partial charge in [0.1, 0.15) is 0 Å². The maximum Gasteiger partial charge on any atom is 0.0781 e. The number of benzene rings is 2. The fourth-order valence-corrected chi connectivity index (χ4v) is 3.44. The number of ether oxygens (including phenoxy) is 4. The molecule has 0 aliphatic carbocycles. The van der Waals surface area contributed by atoms with E-state index in [1.165, 1.54) is 11.1 Å². The molecule has 0 bridgehead atoms. The molecular weight excluding hydrogens is 426 g/mol. The maximum atomic E-state index is 5.95. The topological polar surface area (TPSA) is 49.0 Å². The first-order chi connectivity index (χ1) is 16.5. The summed E-state index contributed by atoms with van der Waals surface area (Å²) in [4.78, 5) is 0. The third-order valence-electron chi connectivity index (χ3n) is 5.64. The summed E-state index contributed by atoms with van der Waals surface area (Å²) in [6.45, 7) is 13.1. The van der Waals surface area contributed by atoms with E-state index in [1.807, 2.05) is 13.0 Å². The molecule has 0 amide bonds. The first-order valence-electron chi connectivity index (χ1n) is 12.7. The summed E-state index contributed by atoms with van der Waals surface area (Å²) in [5, 5.41) is 3.48. The molecule has 0 aliphatic rings. The molecule has 0 spiro atoms. The van der Waals surface area contributed by atoms with E-state index in [9.17, 15) is 0 Å². The molecule has 0 saturated carbocycles. The zero-order valence-electron chi connectivity index (χ0n) is 21.6. The molecule has 2 rings (SSSR count). The molecule has 4 unspecified atom stereocenters. The van der Waals surface area contributed by atoms with Gasteiger partial charge >= 0.3 is 0 Å². The van der Waals surface area contributed by atoms with Crippen molar-refractivity contribution in [1.29, 1.82) is 0 Å². The van der Waals surface area contributed by atoms with E-state index in [4.69, 9.17) is 18.9 Å². The van der Waals surface area contributed by atoms with Crippen LogP contribution in [0.4, 0.5) is 0 Å². The van der Waals surface area contributed by atoms with Crippen LogP contribution in [0.25, 0.3) is 0 Å². The largest absolute Gasteiger partial charge is 0.376 e. The fourth-order valence-electron chi connectivity index (χ4n) is 3.44. The Bertz CT molecular complexity index is 664. The molecule has 2 aromatic carbocycles. The van der Waals surface area contributed by atoms with Crippen molar-refractivity contribution in [2.75, 3.05) is 39.6 Å². The SMILES string of the molecule is CC(CCc1ccccc1)COC(C)COCCOCC(C)OCC(C)NCc1ccccc1. The van der Waals surface area contributed by atoms with Crippen LogP contribution in [0.2, 0.25) is 0 Å². The molecule has 5 heteroatoms. The van der Waals surface area contributed by atoms with Crippen molar-refractivity contribution < 1.29 is 18.9 Å². The smallest absolute Gasteiger partial charge is 0.0781 e. The second kappa shape index (κ2) is 17.6. The number of hydrogen-bond acceptors (Lipinski definition) is 5. The monoisotopic (exact) mass is 471 g/mol. The van der Waals surface area contributed by atoms with Crippen LogP contribution in [0.5, 0.6) is 0 Å². The highest BCUT2D eigenvalue weighted by Crippen LogP contribution is 2.11. The quantitative estimate of drug-likeness (QED) is 0.283. The molecule has 4 atom stereocenters. The standard InChI is InChI=1S/C29H45NO4/c1-24(15-16-28-11-7-5-8-12-28)20-33-26(3)22-31-17-18-32-23-27(4)34-21-25(2)30-19-29-13-9-6-10-14-29/h5-14,24-27,30H,15-23H2,1-4H3. The Morgan fingerprint density at radius 3 is 1.76 bits per heavy atom. The lowest BCUT2D eigenvalue weighted by molar-refractivity contribution is -0.0490. The van der Waals surface area contributed by atoms with Gasteiger partial charge in [-0.2, -0.15) is 0 Å². The van der Waals surface area contributed by atoms with Gasteiger partial charge in [-0.25, -0.2) is 0 Å². The first kappa shape index (κ1) is 28.5. The van der Waals surface area contributed by atoms with E-state index in [2.05, 4.69) is 80.7 Å². The summed E-state index contributed by atoms with van der Waals surface area (Å²) >= 11 is 0. The highest BCUT2D eigenvalue weighted by molar-refractivity contribution is 5.15. The molecule has 0 fully saturated rings. The van der Waals surface area contributed by atoms with Crippen molar-refractivity contribution in [3.05, 3.63) is 71.8 Å². The minimum Gasteiger partial charge on any atom is -0.376 e. The number of hydrogen-bond donors (Lipinski definition) is 1. The molecule has 190 valence electrons. The molecule has 0 aliphatic heterocycles. The second-order valence-electron chi connectivity index (χ2n) is 9.33. The van der Waals surface area contributed by atoms with Crippen LogP contribution < -0.4 is 5.32 Å². The van der Waals surface area contributed by atoms with Crippen LogP contribution in [-0.2, 0) is 31.9 Å². The van der Waals surface area contributed by atoms with Crippen LogP contribution in [0.1, 0.15) is 45.2 Å². The van der Waals surface area contributed by atoms with Gasteiger partial charge in [0.15, 0.2) is 0 Å². The molecule has 5 nitrogen and oxygen atoms in total. The molecule has 0 radical (unpaired) electrons. The van der Waals surface area contributed by atoms with E-state index in [0.717, 1.165) is 26.0 Å². The van der Waals surface area contributed by atoms with Crippen LogP contribution >= 0.6 is 0 Å². The lowest BCUT2D eigenvalue weighted by Crippen LogP contribution is -2.32. The number of rotatable bonds is 19. The maximum absolute atomic E-state index is 5.95. The highest BCUT2D eigenvalue weighted by atomic mass is 16.6. The summed E-state index contributed by atoms with van der Waals surface area (Å²) in [6, 6.07) is 21.3. The van der Waals surface area contributed by atoms with E-state index < -0.39 is 0 Å². The van der Waals surface area contributed by atoms with Gasteiger partial charge in [-0.05, 0) is 50.7 Å². The van der Waals surface area contributed by atoms with Crippen LogP contribution in [-0.4, -0.2) is 57.9 Å². The fraction of sp³-hybridized carbons (Fsp3) is 0.586. The predicted molar refractivity (Wildman–Crippen MR) is 139 cm³/mol. The average molecular weight is 472 g/mol. The van der Waals surface area contributed by atoms with Gasteiger partial charge in [0.2, 0.25) is 0 Å². The van der Waals surface area contributed by atoms with E-state index in [0.29, 0.717) is 39.0 Å². The highest BCUT2D eigenvalue weighted by Gasteiger charge is 2.09. The number of nitrogens with one attached hydrogen (secondary N) is 1. The lowest BCUT2D eigenvalue weighted by Gasteiger charge is -2.19. The minimum atomic E-state index is 0.0561. The van der Waals surface area contributed by atoms with Crippen molar-refractivity contribution in [1.82, 2.24) is 5.32 Å². The Labute approximate surface area is 207 Å². The summed E-state index contributed by atoms with van der Waals surface area (Å²) in [5.41, 5.74) is 2.67. The Kier molecular flexibility index (Phi) is 14.8. The average Bonchev–Trinajstić information content (AvgIpc) is 2.87. The van der Waals surface area contributed by atoms with Gasteiger partial charge in [0.25, 0.3) is 0 Å². The zero-order valence-corrected chi connectivity index (χ0v) is 21.6. The minimum absolute atomic E-state index is 0.0561. The van der Waals surface area contributed by atoms with Gasteiger partial charge < -0.3 is 24.3 Å². The molecule has 1 N–H and O–H groups in total. The zero-order chi connectivity index (χ0) is 24.4. The molecule has 0 heterocycles. The van der Waals surface area contributed by atoms with Crippen molar-refractivity contribution in [2.45, 2.75) is 65.3 Å². The lowest BCUT2D eigenvalue weighted by atomic mass is 10.0. The number of aryl methyl sites for hydroxylation is 1. The molecular formula is C29H45NO4. The second-order valence-corrected chi connectivity index (χ2v) is 9.33. The van der Waals surface area contributed by atoms with Crippen molar-refractivity contribution in [3.8, 4) is 0 Å². The van der Waals surface area contributed by atoms with Gasteiger partial charge in [-0.15, -0.1) is 0 Å². The molecule has 0 saturated heterocycles. The summed E-state index contributed by atoms with van der Waals surface area (Å²) < 4.78 is 23.2. The third-order valence-corrected chi connectivity index (χ3v) is 5.64. The third kappa shape index (κ3) is 13.8. The van der Waals surface area contributed by atoms with E-state index in [1.54, 1.807) is 0 Å². The Morgan fingerprint density at radius 2 is 1.18 bits per heavy atom. The van der Waals surface area contributed by atoms with Crippen LogP contribution in [0, 0.1) is 5.92 Å². The molecule has 2 aromatic rings. The van der Waals surface area contributed by atoms with E-state index >= 15 is 0 Å². The molecule has 34 heavy (non-hydrogen) atoms. The van der Waals surface area contributed by atoms with Gasteiger partial charge in [-0.3, -0.25) is 0 Å². The van der Waals surface area contributed by atoms with Crippen molar-refractivity contribution in [3.63, 3.8) is 0 Å². The van der Waals surface area contributed by atoms with Crippen molar-refractivity contribution in [2.24, 2.45) is 5.92 Å². The Hall–Kier alpha value is -1.76. The van der Waals surface area contributed by atoms with Crippen molar-refractivity contribution >= 4 is 0 Å². The predicted octanol–water partition coefficient (Wildman–Crippen LogP) is 5.28.